The molecule has 0 saturated heterocycles. The summed E-state index contributed by atoms with van der Waals surface area (Å²) in [5.41, 5.74) is 0.664. The van der Waals surface area contributed by atoms with Gasteiger partial charge in [-0.2, -0.15) is 0 Å². The van der Waals surface area contributed by atoms with E-state index in [0.717, 1.165) is 5.39 Å². The summed E-state index contributed by atoms with van der Waals surface area (Å²) < 4.78 is 0. The lowest BCUT2D eigenvalue weighted by molar-refractivity contribution is -0.667. The van der Waals surface area contributed by atoms with Gasteiger partial charge in [-0.05, 0) is 12.1 Å². The fourth-order valence-corrected chi connectivity index (χ4v) is 0.904. The molecule has 0 atom stereocenters. The Labute approximate surface area is 62.7 Å². The van der Waals surface area contributed by atoms with Crippen LogP contribution in [0, 0.1) is 5.21 Å². The van der Waals surface area contributed by atoms with Gasteiger partial charge < -0.3 is 5.21 Å². The highest BCUT2D eigenvalue weighted by Crippen LogP contribution is 2.03. The molecule has 2 aromatic rings. The van der Waals surface area contributed by atoms with E-state index < -0.39 is 0 Å². The maximum atomic E-state index is 10.6. The molecular formula is C7H5N3O. The Morgan fingerprint density at radius 1 is 1.45 bits per heavy atom. The first-order chi connectivity index (χ1) is 5.36. The van der Waals surface area contributed by atoms with Crippen LogP contribution in [-0.2, 0) is 0 Å². The van der Waals surface area contributed by atoms with Crippen molar-refractivity contribution >= 4 is 10.9 Å². The standard InChI is InChI=1S/C7H5N3O/c11-10-5-7-6(4-9-10)2-1-3-8-7/h1-5H. The third kappa shape index (κ3) is 0.980. The zero-order chi connectivity index (χ0) is 7.68. The maximum absolute atomic E-state index is 10.6. The fraction of sp³-hybridized carbons (Fsp3) is 0. The van der Waals surface area contributed by atoms with Gasteiger partial charge >= 0.3 is 0 Å². The normalized spacial score (nSPS) is 10.2. The second-order valence-electron chi connectivity index (χ2n) is 2.15. The molecule has 0 aliphatic rings. The van der Waals surface area contributed by atoms with Gasteiger partial charge in [0.25, 0.3) is 0 Å². The fourth-order valence-electron chi connectivity index (χ4n) is 0.904. The van der Waals surface area contributed by atoms with Gasteiger partial charge in [0, 0.05) is 16.7 Å². The highest BCUT2D eigenvalue weighted by molar-refractivity contribution is 5.75. The molecule has 0 saturated carbocycles. The largest absolute Gasteiger partial charge is 0.594 e. The van der Waals surface area contributed by atoms with E-state index >= 15 is 0 Å². The smallest absolute Gasteiger partial charge is 0.235 e. The third-order valence-corrected chi connectivity index (χ3v) is 1.41. The minimum Gasteiger partial charge on any atom is -0.594 e. The number of nitrogens with zero attached hydrogens (tertiary/aromatic N) is 3. The molecule has 2 heterocycles. The zero-order valence-corrected chi connectivity index (χ0v) is 5.64. The lowest BCUT2D eigenvalue weighted by Gasteiger charge is -1.93. The van der Waals surface area contributed by atoms with Crippen LogP contribution in [0.4, 0.5) is 0 Å². The monoisotopic (exact) mass is 147 g/mol. The summed E-state index contributed by atoms with van der Waals surface area (Å²) in [5, 5.41) is 15.1. The van der Waals surface area contributed by atoms with Crippen LogP contribution in [0.2, 0.25) is 0 Å². The minimum absolute atomic E-state index is 0.495. The van der Waals surface area contributed by atoms with Crippen LogP contribution >= 0.6 is 0 Å². The van der Waals surface area contributed by atoms with Crippen molar-refractivity contribution in [2.24, 2.45) is 0 Å². The van der Waals surface area contributed by atoms with Gasteiger partial charge in [-0.15, -0.1) is 0 Å². The second-order valence-corrected chi connectivity index (χ2v) is 2.15. The molecule has 2 aromatic heterocycles. The molecule has 2 rings (SSSR count). The lowest BCUT2D eigenvalue weighted by atomic mass is 10.3. The van der Waals surface area contributed by atoms with Gasteiger partial charge in [0.1, 0.15) is 11.7 Å². The van der Waals surface area contributed by atoms with Crippen molar-refractivity contribution in [3.8, 4) is 0 Å². The molecule has 0 fully saturated rings. The quantitative estimate of drug-likeness (QED) is 0.397. The summed E-state index contributed by atoms with van der Waals surface area (Å²) in [5.74, 6) is 0. The van der Waals surface area contributed by atoms with Gasteiger partial charge in [0.05, 0.1) is 0 Å². The van der Waals surface area contributed by atoms with Gasteiger partial charge in [-0.3, -0.25) is 0 Å². The highest BCUT2D eigenvalue weighted by Gasteiger charge is 1.96. The van der Waals surface area contributed by atoms with E-state index in [1.54, 1.807) is 12.3 Å². The second kappa shape index (κ2) is 2.16. The molecule has 0 N–H and O–H groups in total. The predicted molar refractivity (Wildman–Crippen MR) is 38.5 cm³/mol. The Morgan fingerprint density at radius 3 is 3.27 bits per heavy atom. The van der Waals surface area contributed by atoms with E-state index in [1.807, 2.05) is 6.07 Å². The molecule has 0 aliphatic heterocycles. The SMILES string of the molecule is [O-][n+]1cc2ncccc2cn1. The molecule has 4 heteroatoms. The average molecular weight is 147 g/mol. The van der Waals surface area contributed by atoms with E-state index in [2.05, 4.69) is 10.1 Å². The van der Waals surface area contributed by atoms with Crippen molar-refractivity contribution in [3.05, 3.63) is 35.9 Å². The molecule has 0 aliphatic carbocycles. The van der Waals surface area contributed by atoms with Gasteiger partial charge in [-0.1, -0.05) is 4.85 Å². The Kier molecular flexibility index (Phi) is 1.18. The molecule has 0 unspecified atom stereocenters. The number of pyridine rings is 1. The minimum atomic E-state index is 0.495. The van der Waals surface area contributed by atoms with Crippen LogP contribution in [-0.4, -0.2) is 10.1 Å². The molecule has 54 valence electrons. The summed E-state index contributed by atoms with van der Waals surface area (Å²) in [4.78, 5) is 4.48. The van der Waals surface area contributed by atoms with Gasteiger partial charge in [-0.25, -0.2) is 4.98 Å². The van der Waals surface area contributed by atoms with Crippen LogP contribution in [0.1, 0.15) is 0 Å². The molecule has 11 heavy (non-hydrogen) atoms. The first-order valence-corrected chi connectivity index (χ1v) is 3.16. The van der Waals surface area contributed by atoms with Crippen molar-refractivity contribution < 1.29 is 4.85 Å². The van der Waals surface area contributed by atoms with Crippen molar-refractivity contribution in [1.29, 1.82) is 0 Å². The first kappa shape index (κ1) is 6.03. The van der Waals surface area contributed by atoms with Crippen molar-refractivity contribution in [2.75, 3.05) is 0 Å². The topological polar surface area (TPSA) is 52.7 Å². The highest BCUT2D eigenvalue weighted by atomic mass is 16.5. The molecule has 0 bridgehead atoms. The number of aromatic nitrogens is 3. The first-order valence-electron chi connectivity index (χ1n) is 3.16. The molecule has 0 amide bonds. The van der Waals surface area contributed by atoms with Crippen LogP contribution in [0.5, 0.6) is 0 Å². The summed E-state index contributed by atoms with van der Waals surface area (Å²) in [6.07, 6.45) is 4.48. The number of fused-ring (bicyclic) bond motifs is 1. The van der Waals surface area contributed by atoms with Crippen LogP contribution in [0.25, 0.3) is 10.9 Å². The van der Waals surface area contributed by atoms with Crippen LogP contribution in [0.15, 0.2) is 30.7 Å². The third-order valence-electron chi connectivity index (χ3n) is 1.41. The lowest BCUT2D eigenvalue weighted by Crippen LogP contribution is -2.29. The van der Waals surface area contributed by atoms with Gasteiger partial charge in [0.2, 0.25) is 6.20 Å². The van der Waals surface area contributed by atoms with Crippen LogP contribution in [0.3, 0.4) is 0 Å². The van der Waals surface area contributed by atoms with Crippen molar-refractivity contribution in [3.63, 3.8) is 0 Å². The summed E-state index contributed by atoms with van der Waals surface area (Å²) in [6, 6.07) is 3.66. The number of rotatable bonds is 0. The summed E-state index contributed by atoms with van der Waals surface area (Å²) >= 11 is 0. The molecule has 0 radical (unpaired) electrons. The average Bonchev–Trinajstić information content (AvgIpc) is 2.04. The molecule has 4 nitrogen and oxygen atoms in total. The van der Waals surface area contributed by atoms with Crippen molar-refractivity contribution in [1.82, 2.24) is 10.1 Å². The number of hydrogen-bond donors (Lipinski definition) is 0. The summed E-state index contributed by atoms with van der Waals surface area (Å²) in [7, 11) is 0. The van der Waals surface area contributed by atoms with E-state index in [-0.39, 0.29) is 0 Å². The van der Waals surface area contributed by atoms with Crippen molar-refractivity contribution in [2.45, 2.75) is 0 Å². The number of hydrogen-bond acceptors (Lipinski definition) is 3. The Balaban J connectivity index is 2.83. The van der Waals surface area contributed by atoms with E-state index in [0.29, 0.717) is 10.4 Å². The summed E-state index contributed by atoms with van der Waals surface area (Å²) in [6.45, 7) is 0. The Morgan fingerprint density at radius 2 is 2.36 bits per heavy atom. The molecule has 0 spiro atoms. The maximum Gasteiger partial charge on any atom is 0.235 e. The zero-order valence-electron chi connectivity index (χ0n) is 5.64. The molecular weight excluding hydrogens is 142 g/mol. The molecule has 0 aromatic carbocycles. The van der Waals surface area contributed by atoms with E-state index in [4.69, 9.17) is 0 Å². The Hall–Kier alpha value is -1.71. The predicted octanol–water partition coefficient (Wildman–Crippen LogP) is 0.263. The van der Waals surface area contributed by atoms with Gasteiger partial charge in [0.15, 0.2) is 0 Å². The van der Waals surface area contributed by atoms with E-state index in [1.165, 1.54) is 12.4 Å². The van der Waals surface area contributed by atoms with Crippen LogP contribution < -0.4 is 4.85 Å². The van der Waals surface area contributed by atoms with E-state index in [9.17, 15) is 5.21 Å². The Bertz CT molecular complexity index is 388.